The minimum atomic E-state index is -0.346. The zero-order chi connectivity index (χ0) is 27.7. The van der Waals surface area contributed by atoms with Crippen molar-refractivity contribution in [3.8, 4) is 5.75 Å². The Labute approximate surface area is 228 Å². The number of aromatic nitrogens is 1. The molecule has 2 aromatic rings. The summed E-state index contributed by atoms with van der Waals surface area (Å²) in [6.07, 6.45) is 6.36. The first-order valence-electron chi connectivity index (χ1n) is 13.8. The molecule has 8 heteroatoms. The molecule has 0 aliphatic carbocycles. The van der Waals surface area contributed by atoms with Gasteiger partial charge in [0.15, 0.2) is 0 Å². The van der Waals surface area contributed by atoms with Crippen molar-refractivity contribution in [2.24, 2.45) is 5.92 Å². The number of aliphatic hydroxyl groups is 1. The van der Waals surface area contributed by atoms with Crippen molar-refractivity contribution < 1.29 is 19.4 Å². The summed E-state index contributed by atoms with van der Waals surface area (Å²) < 4.78 is 12.7. The second kappa shape index (κ2) is 14.5. The molecule has 0 saturated carbocycles. The van der Waals surface area contributed by atoms with Gasteiger partial charge in [-0.2, -0.15) is 0 Å². The van der Waals surface area contributed by atoms with E-state index in [1.54, 1.807) is 4.90 Å². The third-order valence-electron chi connectivity index (χ3n) is 7.24. The van der Waals surface area contributed by atoms with E-state index in [-0.39, 0.29) is 36.7 Å². The Morgan fingerprint density at radius 3 is 2.55 bits per heavy atom. The Morgan fingerprint density at radius 1 is 1.13 bits per heavy atom. The van der Waals surface area contributed by atoms with E-state index in [9.17, 15) is 9.90 Å². The zero-order valence-corrected chi connectivity index (χ0v) is 24.0. The molecular formula is C30H46N4O4. The highest BCUT2D eigenvalue weighted by Crippen LogP contribution is 2.29. The smallest absolute Gasteiger partial charge is 0.258 e. The Morgan fingerprint density at radius 2 is 1.87 bits per heavy atom. The number of hydrogen-bond donors (Lipinski definition) is 1. The number of rotatable bonds is 7. The first-order chi connectivity index (χ1) is 18.2. The predicted octanol–water partition coefficient (Wildman–Crippen LogP) is 4.08. The molecule has 4 atom stereocenters. The number of carbonyl (C=O) groups excluding carboxylic acids is 1. The number of likely N-dealkylation sites (N-methyl/N-ethyl adjacent to an activating group) is 1. The van der Waals surface area contributed by atoms with Crippen LogP contribution in [0.4, 0.5) is 5.69 Å². The number of pyridine rings is 1. The van der Waals surface area contributed by atoms with Crippen molar-refractivity contribution in [2.75, 3.05) is 52.3 Å². The number of benzene rings is 1. The van der Waals surface area contributed by atoms with Gasteiger partial charge >= 0.3 is 0 Å². The van der Waals surface area contributed by atoms with Crippen molar-refractivity contribution in [1.29, 1.82) is 0 Å². The summed E-state index contributed by atoms with van der Waals surface area (Å²) in [5.41, 5.74) is 2.65. The van der Waals surface area contributed by atoms with Crippen LogP contribution in [0.5, 0.6) is 5.75 Å². The van der Waals surface area contributed by atoms with E-state index >= 15 is 0 Å². The lowest BCUT2D eigenvalue weighted by molar-refractivity contribution is -0.0177. The summed E-state index contributed by atoms with van der Waals surface area (Å²) in [5.74, 6) is 0.513. The van der Waals surface area contributed by atoms with E-state index < -0.39 is 0 Å². The predicted molar refractivity (Wildman–Crippen MR) is 152 cm³/mol. The molecule has 1 aromatic carbocycles. The number of amides is 1. The maximum Gasteiger partial charge on any atom is 0.258 e. The van der Waals surface area contributed by atoms with Gasteiger partial charge in [0.05, 0.1) is 30.4 Å². The van der Waals surface area contributed by atoms with Crippen LogP contribution < -0.4 is 9.64 Å². The van der Waals surface area contributed by atoms with Crippen molar-refractivity contribution in [2.45, 2.75) is 64.8 Å². The summed E-state index contributed by atoms with van der Waals surface area (Å²) in [6, 6.07) is 9.49. The molecule has 38 heavy (non-hydrogen) atoms. The van der Waals surface area contributed by atoms with Crippen LogP contribution in [-0.4, -0.2) is 91.5 Å². The van der Waals surface area contributed by atoms with Crippen molar-refractivity contribution in [1.82, 2.24) is 14.8 Å². The fourth-order valence-electron chi connectivity index (χ4n) is 4.82. The lowest BCUT2D eigenvalue weighted by atomic mass is 10.0. The van der Waals surface area contributed by atoms with Gasteiger partial charge in [0, 0.05) is 64.3 Å². The Hall–Kier alpha value is -2.68. The SMILES string of the molecule is C[C@@H]1CCCCO[C@@H](CN(C)Cc2ccncc2)[C@H](C)CN([C@@H](C)CO)C(=O)c2cc(N(C)C)ccc2O1. The molecule has 0 fully saturated rings. The molecule has 1 aliphatic rings. The van der Waals surface area contributed by atoms with Crippen LogP contribution in [0.2, 0.25) is 0 Å². The number of ether oxygens (including phenoxy) is 2. The number of carbonyl (C=O) groups is 1. The first-order valence-corrected chi connectivity index (χ1v) is 13.8. The van der Waals surface area contributed by atoms with Gasteiger partial charge < -0.3 is 24.4 Å². The van der Waals surface area contributed by atoms with Crippen molar-refractivity contribution in [3.05, 3.63) is 53.9 Å². The van der Waals surface area contributed by atoms with Crippen LogP contribution in [0.15, 0.2) is 42.7 Å². The van der Waals surface area contributed by atoms with Crippen molar-refractivity contribution in [3.63, 3.8) is 0 Å². The lowest BCUT2D eigenvalue weighted by Crippen LogP contribution is -2.47. The number of fused-ring (bicyclic) bond motifs is 1. The van der Waals surface area contributed by atoms with Gasteiger partial charge in [-0.05, 0) is 76.1 Å². The third-order valence-corrected chi connectivity index (χ3v) is 7.24. The topological polar surface area (TPSA) is 78.4 Å². The van der Waals surface area contributed by atoms with Crippen LogP contribution in [0.25, 0.3) is 0 Å². The number of hydrogen-bond acceptors (Lipinski definition) is 7. The van der Waals surface area contributed by atoms with Gasteiger partial charge in [0.2, 0.25) is 0 Å². The van der Waals surface area contributed by atoms with E-state index in [0.29, 0.717) is 24.5 Å². The average molecular weight is 527 g/mol. The van der Waals surface area contributed by atoms with E-state index in [2.05, 4.69) is 23.9 Å². The number of nitrogens with zero attached hydrogens (tertiary/aromatic N) is 4. The fourth-order valence-corrected chi connectivity index (χ4v) is 4.82. The number of aliphatic hydroxyl groups excluding tert-OH is 1. The van der Waals surface area contributed by atoms with Crippen molar-refractivity contribution >= 4 is 11.6 Å². The minimum Gasteiger partial charge on any atom is -0.490 e. The highest BCUT2D eigenvalue weighted by molar-refractivity contribution is 5.98. The average Bonchev–Trinajstić information content (AvgIpc) is 2.90. The second-order valence-corrected chi connectivity index (χ2v) is 10.9. The highest BCUT2D eigenvalue weighted by atomic mass is 16.5. The summed E-state index contributed by atoms with van der Waals surface area (Å²) >= 11 is 0. The zero-order valence-electron chi connectivity index (χ0n) is 24.0. The molecular weight excluding hydrogens is 480 g/mol. The molecule has 1 amide bonds. The summed E-state index contributed by atoms with van der Waals surface area (Å²) in [5, 5.41) is 10.1. The molecule has 0 unspecified atom stereocenters. The Bertz CT molecular complexity index is 1000. The molecule has 0 radical (unpaired) electrons. The normalized spacial score (nSPS) is 22.4. The molecule has 210 valence electrons. The lowest BCUT2D eigenvalue weighted by Gasteiger charge is -2.36. The van der Waals surface area contributed by atoms with E-state index in [1.807, 2.05) is 75.6 Å². The van der Waals surface area contributed by atoms with Crippen LogP contribution in [-0.2, 0) is 11.3 Å². The largest absolute Gasteiger partial charge is 0.490 e. The quantitative estimate of drug-likeness (QED) is 0.583. The Kier molecular flexibility index (Phi) is 11.4. The van der Waals surface area contributed by atoms with E-state index in [0.717, 1.165) is 38.0 Å². The fraction of sp³-hybridized carbons (Fsp3) is 0.600. The second-order valence-electron chi connectivity index (χ2n) is 10.9. The minimum absolute atomic E-state index is 0.0281. The molecule has 0 bridgehead atoms. The van der Waals surface area contributed by atoms with Crippen LogP contribution in [0.1, 0.15) is 56.0 Å². The molecule has 1 N–H and O–H groups in total. The summed E-state index contributed by atoms with van der Waals surface area (Å²) in [6.45, 7) is 8.61. The maximum atomic E-state index is 14.1. The molecule has 1 aromatic heterocycles. The van der Waals surface area contributed by atoms with Gasteiger partial charge in [0.25, 0.3) is 5.91 Å². The summed E-state index contributed by atoms with van der Waals surface area (Å²) in [4.78, 5) is 24.2. The van der Waals surface area contributed by atoms with E-state index in [1.165, 1.54) is 5.56 Å². The summed E-state index contributed by atoms with van der Waals surface area (Å²) in [7, 11) is 6.01. The first kappa shape index (κ1) is 29.9. The van der Waals surface area contributed by atoms with Gasteiger partial charge in [-0.1, -0.05) is 6.92 Å². The van der Waals surface area contributed by atoms with Crippen LogP contribution in [0.3, 0.4) is 0 Å². The third kappa shape index (κ3) is 8.41. The maximum absolute atomic E-state index is 14.1. The van der Waals surface area contributed by atoms with Gasteiger partial charge in [0.1, 0.15) is 5.75 Å². The monoisotopic (exact) mass is 526 g/mol. The molecule has 3 rings (SSSR count). The van der Waals surface area contributed by atoms with Gasteiger partial charge in [-0.3, -0.25) is 14.7 Å². The van der Waals surface area contributed by atoms with Crippen LogP contribution in [0, 0.1) is 5.92 Å². The highest BCUT2D eigenvalue weighted by Gasteiger charge is 2.30. The van der Waals surface area contributed by atoms with E-state index in [4.69, 9.17) is 9.47 Å². The standard InChI is InChI=1S/C30H46N4O4/c1-22-18-34(23(2)21-35)30(36)27-17-26(32(4)5)10-11-28(27)38-24(3)9-7-8-16-37-29(22)20-33(6)19-25-12-14-31-15-13-25/h10-15,17,22-24,29,35H,7-9,16,18-21H2,1-6H3/t22-,23+,24-,29+/m1/s1. The van der Waals surface area contributed by atoms with Gasteiger partial charge in [-0.15, -0.1) is 0 Å². The molecule has 2 heterocycles. The molecule has 0 saturated heterocycles. The Balaban J connectivity index is 1.90. The van der Waals surface area contributed by atoms with Crippen LogP contribution >= 0.6 is 0 Å². The molecule has 1 aliphatic heterocycles. The molecule has 0 spiro atoms. The van der Waals surface area contributed by atoms with Gasteiger partial charge in [-0.25, -0.2) is 0 Å². The molecule has 8 nitrogen and oxygen atoms in total. The number of anilines is 1.